The van der Waals surface area contributed by atoms with Crippen molar-refractivity contribution in [1.29, 1.82) is 0 Å². The smallest absolute Gasteiger partial charge is 0.264 e. The molecule has 0 aromatic carbocycles. The minimum Gasteiger partial charge on any atom is -0.270 e. The van der Waals surface area contributed by atoms with Gasteiger partial charge in [0.15, 0.2) is 0 Å². The SMILES string of the molecule is CS(=O)(=O)OCCCCCCCCCCCCCC1CCC1. The molecule has 0 amide bonds. The van der Waals surface area contributed by atoms with Crippen molar-refractivity contribution < 1.29 is 12.6 Å². The molecule has 4 heteroatoms. The van der Waals surface area contributed by atoms with Crippen LogP contribution in [-0.4, -0.2) is 21.3 Å². The van der Waals surface area contributed by atoms with Crippen LogP contribution in [0.15, 0.2) is 0 Å². The standard InChI is InChI=1S/C18H36O3S/c1-22(19,20)21-17-12-10-8-6-4-2-3-5-7-9-11-14-18-15-13-16-18/h18H,2-17H2,1H3. The molecule has 132 valence electrons. The Morgan fingerprint density at radius 2 is 1.23 bits per heavy atom. The molecule has 0 bridgehead atoms. The van der Waals surface area contributed by atoms with E-state index in [1.165, 1.54) is 83.5 Å². The Hall–Kier alpha value is -0.0900. The van der Waals surface area contributed by atoms with Crippen molar-refractivity contribution in [1.82, 2.24) is 0 Å². The maximum atomic E-state index is 10.8. The molecule has 1 fully saturated rings. The molecule has 1 aliphatic carbocycles. The quantitative estimate of drug-likeness (QED) is 0.296. The van der Waals surface area contributed by atoms with E-state index in [2.05, 4.69) is 0 Å². The number of unbranched alkanes of at least 4 members (excludes halogenated alkanes) is 10. The third-order valence-electron chi connectivity index (χ3n) is 4.78. The maximum absolute atomic E-state index is 10.8. The van der Waals surface area contributed by atoms with Crippen molar-refractivity contribution in [3.05, 3.63) is 0 Å². The molecule has 0 atom stereocenters. The summed E-state index contributed by atoms with van der Waals surface area (Å²) in [6.45, 7) is 0.347. The molecule has 0 saturated heterocycles. The molecule has 0 aliphatic heterocycles. The predicted molar refractivity (Wildman–Crippen MR) is 93.5 cm³/mol. The zero-order valence-corrected chi connectivity index (χ0v) is 15.3. The summed E-state index contributed by atoms with van der Waals surface area (Å²) in [6, 6.07) is 0. The normalized spacial score (nSPS) is 15.9. The Kier molecular flexibility index (Phi) is 11.2. The molecule has 1 rings (SSSR count). The summed E-state index contributed by atoms with van der Waals surface area (Å²) in [5, 5.41) is 0. The first-order valence-electron chi connectivity index (χ1n) is 9.42. The summed E-state index contributed by atoms with van der Waals surface area (Å²) in [5.74, 6) is 1.09. The summed E-state index contributed by atoms with van der Waals surface area (Å²) < 4.78 is 26.2. The Labute approximate surface area is 138 Å². The van der Waals surface area contributed by atoms with E-state index in [0.29, 0.717) is 6.61 Å². The molecule has 0 unspecified atom stereocenters. The number of hydrogen-bond acceptors (Lipinski definition) is 3. The first-order valence-corrected chi connectivity index (χ1v) is 11.2. The van der Waals surface area contributed by atoms with E-state index >= 15 is 0 Å². The van der Waals surface area contributed by atoms with Gasteiger partial charge < -0.3 is 0 Å². The summed E-state index contributed by atoms with van der Waals surface area (Å²) in [5.41, 5.74) is 0. The zero-order valence-electron chi connectivity index (χ0n) is 14.5. The molecule has 0 heterocycles. The van der Waals surface area contributed by atoms with Crippen LogP contribution in [0.5, 0.6) is 0 Å². The molecule has 22 heavy (non-hydrogen) atoms. The number of rotatable bonds is 15. The predicted octanol–water partition coefficient (Wildman–Crippen LogP) is 5.44. The van der Waals surface area contributed by atoms with Crippen molar-refractivity contribution >= 4 is 10.1 Å². The molecule has 1 saturated carbocycles. The zero-order chi connectivity index (χ0) is 16.1. The lowest BCUT2D eigenvalue weighted by Crippen LogP contribution is -2.10. The van der Waals surface area contributed by atoms with Gasteiger partial charge in [-0.3, -0.25) is 4.18 Å². The van der Waals surface area contributed by atoms with Crippen LogP contribution in [0.4, 0.5) is 0 Å². The van der Waals surface area contributed by atoms with E-state index in [4.69, 9.17) is 4.18 Å². The summed E-state index contributed by atoms with van der Waals surface area (Å²) >= 11 is 0. The average molecular weight is 333 g/mol. The lowest BCUT2D eigenvalue weighted by Gasteiger charge is -2.24. The van der Waals surface area contributed by atoms with Gasteiger partial charge in [0.05, 0.1) is 12.9 Å². The van der Waals surface area contributed by atoms with Gasteiger partial charge in [0, 0.05) is 0 Å². The second-order valence-corrected chi connectivity index (χ2v) is 8.64. The van der Waals surface area contributed by atoms with Gasteiger partial charge in [-0.05, 0) is 12.3 Å². The second-order valence-electron chi connectivity index (χ2n) is 7.00. The highest BCUT2D eigenvalue weighted by molar-refractivity contribution is 7.85. The fraction of sp³-hybridized carbons (Fsp3) is 1.00. The molecule has 0 aromatic rings. The lowest BCUT2D eigenvalue weighted by molar-refractivity contribution is 0.286. The van der Waals surface area contributed by atoms with Crippen LogP contribution in [0.2, 0.25) is 0 Å². The summed E-state index contributed by atoms with van der Waals surface area (Å²) in [7, 11) is -3.24. The molecule has 1 aliphatic rings. The van der Waals surface area contributed by atoms with Gasteiger partial charge in [-0.15, -0.1) is 0 Å². The highest BCUT2D eigenvalue weighted by atomic mass is 32.2. The fourth-order valence-corrected chi connectivity index (χ4v) is 3.54. The lowest BCUT2D eigenvalue weighted by atomic mass is 9.81. The second kappa shape index (κ2) is 12.3. The van der Waals surface area contributed by atoms with Crippen molar-refractivity contribution in [2.75, 3.05) is 12.9 Å². The third-order valence-corrected chi connectivity index (χ3v) is 5.37. The minimum atomic E-state index is -3.24. The third kappa shape index (κ3) is 12.5. The van der Waals surface area contributed by atoms with Gasteiger partial charge in [-0.25, -0.2) is 0 Å². The topological polar surface area (TPSA) is 43.4 Å². The van der Waals surface area contributed by atoms with Crippen LogP contribution in [0, 0.1) is 5.92 Å². The highest BCUT2D eigenvalue weighted by Gasteiger charge is 2.15. The molecular weight excluding hydrogens is 296 g/mol. The van der Waals surface area contributed by atoms with Crippen LogP contribution in [0.3, 0.4) is 0 Å². The van der Waals surface area contributed by atoms with Crippen molar-refractivity contribution in [3.63, 3.8) is 0 Å². The van der Waals surface area contributed by atoms with Crippen LogP contribution in [0.25, 0.3) is 0 Å². The summed E-state index contributed by atoms with van der Waals surface area (Å²) in [4.78, 5) is 0. The molecule has 3 nitrogen and oxygen atoms in total. The van der Waals surface area contributed by atoms with E-state index in [1.54, 1.807) is 0 Å². The van der Waals surface area contributed by atoms with E-state index < -0.39 is 10.1 Å². The van der Waals surface area contributed by atoms with Crippen LogP contribution in [-0.2, 0) is 14.3 Å². The maximum Gasteiger partial charge on any atom is 0.264 e. The first kappa shape index (κ1) is 20.0. The molecular formula is C18H36O3S. The van der Waals surface area contributed by atoms with Gasteiger partial charge in [0.2, 0.25) is 0 Å². The van der Waals surface area contributed by atoms with Crippen LogP contribution >= 0.6 is 0 Å². The van der Waals surface area contributed by atoms with E-state index in [0.717, 1.165) is 25.0 Å². The van der Waals surface area contributed by atoms with Gasteiger partial charge in [0.1, 0.15) is 0 Å². The van der Waals surface area contributed by atoms with Gasteiger partial charge in [-0.2, -0.15) is 8.42 Å². The first-order chi connectivity index (χ1) is 10.6. The average Bonchev–Trinajstić information content (AvgIpc) is 2.40. The molecule has 0 radical (unpaired) electrons. The Morgan fingerprint density at radius 3 is 1.64 bits per heavy atom. The Morgan fingerprint density at radius 1 is 0.773 bits per heavy atom. The van der Waals surface area contributed by atoms with E-state index in [9.17, 15) is 8.42 Å². The Bertz CT molecular complexity index is 347. The van der Waals surface area contributed by atoms with E-state index in [-0.39, 0.29) is 0 Å². The minimum absolute atomic E-state index is 0.347. The van der Waals surface area contributed by atoms with Gasteiger partial charge in [-0.1, -0.05) is 89.9 Å². The fourth-order valence-electron chi connectivity index (χ4n) is 3.12. The Balaban J connectivity index is 1.67. The van der Waals surface area contributed by atoms with Gasteiger partial charge in [0.25, 0.3) is 10.1 Å². The van der Waals surface area contributed by atoms with Crippen molar-refractivity contribution in [2.24, 2.45) is 5.92 Å². The van der Waals surface area contributed by atoms with Crippen LogP contribution < -0.4 is 0 Å². The largest absolute Gasteiger partial charge is 0.270 e. The molecule has 0 spiro atoms. The van der Waals surface area contributed by atoms with Crippen molar-refractivity contribution in [3.8, 4) is 0 Å². The number of hydrogen-bond donors (Lipinski definition) is 0. The van der Waals surface area contributed by atoms with E-state index in [1.807, 2.05) is 0 Å². The molecule has 0 N–H and O–H groups in total. The van der Waals surface area contributed by atoms with Gasteiger partial charge >= 0.3 is 0 Å². The summed E-state index contributed by atoms with van der Waals surface area (Å²) in [6.07, 6.45) is 21.3. The highest BCUT2D eigenvalue weighted by Crippen LogP contribution is 2.31. The monoisotopic (exact) mass is 332 g/mol. The molecule has 0 aromatic heterocycles. The van der Waals surface area contributed by atoms with Crippen LogP contribution in [0.1, 0.15) is 96.3 Å². The van der Waals surface area contributed by atoms with Crippen molar-refractivity contribution in [2.45, 2.75) is 96.3 Å².